The van der Waals surface area contributed by atoms with E-state index in [4.69, 9.17) is 0 Å². The largest absolute Gasteiger partial charge is 0.248 e. The monoisotopic (exact) mass is 1310 g/mol. The van der Waals surface area contributed by atoms with Crippen LogP contribution in [-0.4, -0.2) is 74.1 Å². The molecule has 18 heteroatoms. The lowest BCUT2D eigenvalue weighted by atomic mass is 9.88. The topological polar surface area (TPSA) is 150 Å². The van der Waals surface area contributed by atoms with Gasteiger partial charge in [0.25, 0.3) is 0 Å². The molecule has 0 aromatic heterocycles. The van der Waals surface area contributed by atoms with Gasteiger partial charge in [-0.3, -0.25) is 0 Å². The molecule has 2 heterocycles. The minimum Gasteiger partial charge on any atom is -0.207 e. The summed E-state index contributed by atoms with van der Waals surface area (Å²) in [6.45, 7) is 7.58. The molecule has 0 spiro atoms. The summed E-state index contributed by atoms with van der Waals surface area (Å²) in [4.78, 5) is 0.0787. The van der Waals surface area contributed by atoms with Gasteiger partial charge in [0.1, 0.15) is 16.4 Å². The number of nitrogens with zero attached hydrogens (tertiary/aromatic N) is 4. The van der Waals surface area contributed by atoms with Gasteiger partial charge in [0, 0.05) is 45.9 Å². The van der Waals surface area contributed by atoms with E-state index in [9.17, 15) is 0 Å². The zero-order valence-electron chi connectivity index (χ0n) is 50.3. The van der Waals surface area contributed by atoms with E-state index in [-0.39, 0.29) is 19.6 Å². The molecule has 458 valence electrons. The van der Waals surface area contributed by atoms with Crippen LogP contribution in [0.15, 0.2) is 238 Å². The normalized spacial score (nSPS) is 20.2. The first kappa shape index (κ1) is 60.8. The average molecular weight is 1310 g/mol. The number of benzene rings is 10. The van der Waals surface area contributed by atoms with E-state index in [0.717, 1.165) is 33.0 Å². The minimum atomic E-state index is -4.63. The molecule has 10 aromatic rings. The van der Waals surface area contributed by atoms with E-state index in [1.54, 1.807) is 113 Å². The van der Waals surface area contributed by atoms with E-state index >= 15 is 33.7 Å². The van der Waals surface area contributed by atoms with Crippen LogP contribution in [0.4, 0.5) is 0 Å². The number of sulfonamides is 4. The summed E-state index contributed by atoms with van der Waals surface area (Å²) in [6, 6.07) is 62.8. The number of aryl methyl sites for hydroxylation is 4. The maximum atomic E-state index is 16.7. The average Bonchev–Trinajstić information content (AvgIpc) is 1.45. The van der Waals surface area contributed by atoms with Crippen molar-refractivity contribution in [3.05, 3.63) is 241 Å². The molecular formula is C72H68N4O8P2S4. The van der Waals surface area contributed by atoms with E-state index < -0.39 is 80.7 Å². The van der Waals surface area contributed by atoms with Crippen molar-refractivity contribution >= 4 is 88.7 Å². The van der Waals surface area contributed by atoms with Crippen LogP contribution < -0.4 is 10.6 Å². The summed E-state index contributed by atoms with van der Waals surface area (Å²) < 4.78 is 140. The van der Waals surface area contributed by atoms with Gasteiger partial charge in [-0.1, -0.05) is 206 Å². The lowest BCUT2D eigenvalue weighted by Crippen LogP contribution is -2.43. The van der Waals surface area contributed by atoms with Gasteiger partial charge in [0.15, 0.2) is 0 Å². The van der Waals surface area contributed by atoms with Crippen LogP contribution in [0, 0.1) is 27.7 Å². The summed E-state index contributed by atoms with van der Waals surface area (Å²) in [5.41, 5.74) is 6.88. The quantitative estimate of drug-likeness (QED) is 0.104. The fourth-order valence-corrected chi connectivity index (χ4v) is 30.8. The first-order valence-electron chi connectivity index (χ1n) is 30.6. The molecular weight excluding hydrogens is 1240 g/mol. The standard InChI is InChI=1S/C72H68N4O8P2S4/c1-49-31-39-57(40-32-49)87(77,78)73-65-27-15-16-28-66(65)74(88(79,80)58-41-33-50(2)34-42-58)85(73)71-63(53-19-7-5-8-20-53)47-55-23-11-13-25-61(55)69(71)70-62-26-14-12-24-56(62)48-64(54-21-9-6-10-22-54)72(70)86-75(89(81,82)59-43-35-51(3)36-44-59)67-29-17-18-30-68(67)76(86)90(83,84)60-45-37-52(4)38-46-60/h5-14,19-26,31-48,65-68H,15-18,27-30H2,1-4H3/t65-,66-,67-,68-/m0/s1. The van der Waals surface area contributed by atoms with Gasteiger partial charge in [-0.2, -0.15) is 16.3 Å². The van der Waals surface area contributed by atoms with Gasteiger partial charge in [0.05, 0.1) is 19.6 Å². The first-order chi connectivity index (χ1) is 43.3. The summed E-state index contributed by atoms with van der Waals surface area (Å²) >= 11 is 0. The third kappa shape index (κ3) is 10.3. The van der Waals surface area contributed by atoms with Crippen molar-refractivity contribution in [3.63, 3.8) is 0 Å². The molecule has 0 amide bonds. The van der Waals surface area contributed by atoms with Crippen LogP contribution in [0.5, 0.6) is 0 Å². The van der Waals surface area contributed by atoms with Gasteiger partial charge < -0.3 is 0 Å². The van der Waals surface area contributed by atoms with Gasteiger partial charge in [0.2, 0.25) is 40.1 Å². The summed E-state index contributed by atoms with van der Waals surface area (Å²) in [5.74, 6) is 0. The molecule has 0 bridgehead atoms. The molecule has 2 aliphatic carbocycles. The van der Waals surface area contributed by atoms with Crippen LogP contribution in [0.3, 0.4) is 0 Å². The lowest BCUT2D eigenvalue weighted by molar-refractivity contribution is 0.278. The third-order valence-electron chi connectivity index (χ3n) is 18.4. The molecule has 4 atom stereocenters. The number of hydrogen-bond acceptors (Lipinski definition) is 8. The lowest BCUT2D eigenvalue weighted by Gasteiger charge is -2.37. The van der Waals surface area contributed by atoms with E-state index in [0.29, 0.717) is 106 Å². The van der Waals surface area contributed by atoms with Gasteiger partial charge in [-0.05, 0) is 158 Å². The predicted octanol–water partition coefficient (Wildman–Crippen LogP) is 15.5. The second-order valence-electron chi connectivity index (χ2n) is 24.2. The Kier molecular flexibility index (Phi) is 16.0. The Bertz CT molecular complexity index is 4400. The molecule has 10 aromatic carbocycles. The highest BCUT2D eigenvalue weighted by Crippen LogP contribution is 2.67. The van der Waals surface area contributed by atoms with E-state index in [1.165, 1.54) is 0 Å². The second-order valence-corrected chi connectivity index (χ2v) is 36.4. The van der Waals surface area contributed by atoms with Crippen LogP contribution >= 0.6 is 16.4 Å². The van der Waals surface area contributed by atoms with Crippen molar-refractivity contribution in [2.24, 2.45) is 0 Å². The Morgan fingerprint density at radius 1 is 0.311 bits per heavy atom. The van der Waals surface area contributed by atoms with Crippen molar-refractivity contribution in [2.75, 3.05) is 0 Å². The zero-order chi connectivity index (χ0) is 62.4. The fraction of sp³-hybridized carbons (Fsp3) is 0.222. The molecule has 4 fully saturated rings. The SMILES string of the molecule is Cc1ccc(S(=O)(=O)N2[C@H]3CCCC[C@@H]3N(S(=O)(=O)c3ccc(C)cc3)P2c2c(-c3ccccc3)cc3ccccc3c2-c2c(P3N(S(=O)(=O)c4ccc(C)cc4)[C@H]4CCCC[C@@H]4N3S(=O)(=O)c3ccc(C)cc3)c(-c3ccccc3)cc3ccccc23)cc1. The highest BCUT2D eigenvalue weighted by atomic mass is 32.2. The summed E-state index contributed by atoms with van der Waals surface area (Å²) in [6.07, 6.45) is 4.10. The molecule has 12 nitrogen and oxygen atoms in total. The Balaban J connectivity index is 1.21. The first-order valence-corrected chi connectivity index (χ1v) is 38.9. The molecule has 0 unspecified atom stereocenters. The van der Waals surface area contributed by atoms with E-state index in [2.05, 4.69) is 0 Å². The van der Waals surface area contributed by atoms with Crippen molar-refractivity contribution in [1.29, 1.82) is 0 Å². The Morgan fingerprint density at radius 3 is 0.822 bits per heavy atom. The molecule has 4 aliphatic rings. The Morgan fingerprint density at radius 2 is 0.556 bits per heavy atom. The predicted molar refractivity (Wildman–Crippen MR) is 364 cm³/mol. The van der Waals surface area contributed by atoms with Crippen LogP contribution in [-0.2, 0) is 40.1 Å². The highest BCUT2D eigenvalue weighted by molar-refractivity contribution is 8.01. The maximum absolute atomic E-state index is 16.7. The second kappa shape index (κ2) is 23.7. The number of hydrogen-bond donors (Lipinski definition) is 0. The van der Waals surface area contributed by atoms with Crippen LogP contribution in [0.1, 0.15) is 73.6 Å². The smallest absolute Gasteiger partial charge is 0.207 e. The molecule has 2 saturated carbocycles. The molecule has 0 N–H and O–H groups in total. The summed E-state index contributed by atoms with van der Waals surface area (Å²) in [5, 5.41) is 3.58. The third-order valence-corrected chi connectivity index (χ3v) is 33.8. The zero-order valence-corrected chi connectivity index (χ0v) is 55.4. The Hall–Kier alpha value is -6.78. The van der Waals surface area contributed by atoms with Crippen molar-refractivity contribution in [2.45, 2.75) is 123 Å². The van der Waals surface area contributed by atoms with Gasteiger partial charge >= 0.3 is 0 Å². The molecule has 0 radical (unpaired) electrons. The Labute approximate surface area is 531 Å². The summed E-state index contributed by atoms with van der Waals surface area (Å²) in [7, 11) is -24.1. The van der Waals surface area contributed by atoms with Crippen molar-refractivity contribution in [1.82, 2.24) is 16.3 Å². The maximum Gasteiger partial charge on any atom is 0.248 e. The number of rotatable bonds is 13. The minimum absolute atomic E-state index is 0.0197. The van der Waals surface area contributed by atoms with Crippen LogP contribution in [0.2, 0.25) is 0 Å². The van der Waals surface area contributed by atoms with Gasteiger partial charge in [-0.15, -0.1) is 0 Å². The molecule has 90 heavy (non-hydrogen) atoms. The highest BCUT2D eigenvalue weighted by Gasteiger charge is 2.62. The molecule has 2 saturated heterocycles. The van der Waals surface area contributed by atoms with Gasteiger partial charge in [-0.25, -0.2) is 33.7 Å². The van der Waals surface area contributed by atoms with E-state index in [1.807, 2.05) is 149 Å². The fourth-order valence-electron chi connectivity index (χ4n) is 14.0. The molecule has 14 rings (SSSR count). The van der Waals surface area contributed by atoms with Crippen LogP contribution in [0.25, 0.3) is 54.9 Å². The van der Waals surface area contributed by atoms with Crippen molar-refractivity contribution in [3.8, 4) is 33.4 Å². The molecule has 2 aliphatic heterocycles. The van der Waals surface area contributed by atoms with Crippen molar-refractivity contribution < 1.29 is 33.7 Å². The number of fused-ring (bicyclic) bond motifs is 4.